The molecule has 0 fully saturated rings. The Labute approximate surface area is 119 Å². The second-order valence-corrected chi connectivity index (χ2v) is 5.13. The van der Waals surface area contributed by atoms with E-state index in [2.05, 4.69) is 17.2 Å². The summed E-state index contributed by atoms with van der Waals surface area (Å²) < 4.78 is 0. The highest BCUT2D eigenvalue weighted by Crippen LogP contribution is 2.12. The van der Waals surface area contributed by atoms with Crippen molar-refractivity contribution < 1.29 is 9.90 Å². The van der Waals surface area contributed by atoms with Crippen LogP contribution in [0.15, 0.2) is 12.1 Å². The van der Waals surface area contributed by atoms with Gasteiger partial charge in [0.2, 0.25) is 0 Å². The van der Waals surface area contributed by atoms with Crippen LogP contribution in [-0.2, 0) is 6.42 Å². The van der Waals surface area contributed by atoms with E-state index >= 15 is 0 Å². The fourth-order valence-corrected chi connectivity index (χ4v) is 1.98. The number of aryl methyl sites for hydroxylation is 1. The molecular weight excluding hydrogens is 264 g/mol. The monoisotopic (exact) mass is 284 g/mol. The lowest BCUT2D eigenvalue weighted by Crippen LogP contribution is -2.28. The summed E-state index contributed by atoms with van der Waals surface area (Å²) in [7, 11) is 0. The highest BCUT2D eigenvalue weighted by molar-refractivity contribution is 6.29. The molecule has 1 aromatic heterocycles. The number of nitrogens with one attached hydrogen (secondary N) is 1. The molecule has 0 spiro atoms. The first-order valence-electron chi connectivity index (χ1n) is 6.62. The first-order chi connectivity index (χ1) is 9.06. The molecular formula is C14H21ClN2O2. The molecule has 0 aromatic carbocycles. The maximum atomic E-state index is 12.0. The molecule has 0 saturated carbocycles. The summed E-state index contributed by atoms with van der Waals surface area (Å²) in [6.45, 7) is 4.72. The van der Waals surface area contributed by atoms with Gasteiger partial charge in [0, 0.05) is 24.4 Å². The van der Waals surface area contributed by atoms with E-state index in [0.29, 0.717) is 23.7 Å². The number of rotatable bonds is 7. The predicted molar refractivity (Wildman–Crippen MR) is 76.4 cm³/mol. The number of aliphatic hydroxyl groups excluding tert-OH is 1. The van der Waals surface area contributed by atoms with E-state index in [9.17, 15) is 4.79 Å². The molecule has 1 amide bonds. The SMILES string of the molecule is CCCc1cc(C(=O)NCC(C)CCO)cc(Cl)n1. The van der Waals surface area contributed by atoms with E-state index in [1.54, 1.807) is 12.1 Å². The van der Waals surface area contributed by atoms with Crippen molar-refractivity contribution in [3.63, 3.8) is 0 Å². The Morgan fingerprint density at radius 1 is 1.53 bits per heavy atom. The number of aromatic nitrogens is 1. The smallest absolute Gasteiger partial charge is 0.251 e. The van der Waals surface area contributed by atoms with Crippen molar-refractivity contribution in [1.82, 2.24) is 10.3 Å². The standard InChI is InChI=1S/C14H21ClN2O2/c1-3-4-12-7-11(8-13(15)17-12)14(19)16-9-10(2)5-6-18/h7-8,10,18H,3-6,9H2,1-2H3,(H,16,19). The lowest BCUT2D eigenvalue weighted by Gasteiger charge is -2.11. The summed E-state index contributed by atoms with van der Waals surface area (Å²) >= 11 is 5.92. The molecule has 1 unspecified atom stereocenters. The fraction of sp³-hybridized carbons (Fsp3) is 0.571. The number of aliphatic hydroxyl groups is 1. The van der Waals surface area contributed by atoms with Gasteiger partial charge in [-0.2, -0.15) is 0 Å². The van der Waals surface area contributed by atoms with Crippen LogP contribution in [0.5, 0.6) is 0 Å². The second-order valence-electron chi connectivity index (χ2n) is 4.75. The molecule has 0 saturated heterocycles. The van der Waals surface area contributed by atoms with Gasteiger partial charge < -0.3 is 10.4 Å². The van der Waals surface area contributed by atoms with Gasteiger partial charge in [-0.05, 0) is 30.9 Å². The van der Waals surface area contributed by atoms with Crippen molar-refractivity contribution in [3.05, 3.63) is 28.5 Å². The Bertz CT molecular complexity index is 424. The van der Waals surface area contributed by atoms with Gasteiger partial charge in [-0.3, -0.25) is 4.79 Å². The van der Waals surface area contributed by atoms with E-state index in [4.69, 9.17) is 16.7 Å². The van der Waals surface area contributed by atoms with Gasteiger partial charge in [-0.15, -0.1) is 0 Å². The Morgan fingerprint density at radius 3 is 2.89 bits per heavy atom. The van der Waals surface area contributed by atoms with Crippen LogP contribution in [0.1, 0.15) is 42.7 Å². The van der Waals surface area contributed by atoms with Crippen LogP contribution in [0.2, 0.25) is 5.15 Å². The van der Waals surface area contributed by atoms with Crippen molar-refractivity contribution in [2.75, 3.05) is 13.2 Å². The third-order valence-corrected chi connectivity index (χ3v) is 3.04. The molecule has 0 aliphatic heterocycles. The summed E-state index contributed by atoms with van der Waals surface area (Å²) in [6.07, 6.45) is 2.45. The van der Waals surface area contributed by atoms with Crippen molar-refractivity contribution in [2.45, 2.75) is 33.1 Å². The summed E-state index contributed by atoms with van der Waals surface area (Å²) in [4.78, 5) is 16.2. The number of pyridine rings is 1. The summed E-state index contributed by atoms with van der Waals surface area (Å²) in [5.74, 6) is 0.104. The number of halogens is 1. The molecule has 19 heavy (non-hydrogen) atoms. The van der Waals surface area contributed by atoms with E-state index in [0.717, 1.165) is 18.5 Å². The molecule has 0 bridgehead atoms. The van der Waals surface area contributed by atoms with Gasteiger partial charge in [0.05, 0.1) is 0 Å². The first kappa shape index (κ1) is 15.9. The molecule has 1 heterocycles. The van der Waals surface area contributed by atoms with Crippen molar-refractivity contribution in [2.24, 2.45) is 5.92 Å². The molecule has 2 N–H and O–H groups in total. The summed E-state index contributed by atoms with van der Waals surface area (Å²) in [5.41, 5.74) is 1.38. The van der Waals surface area contributed by atoms with E-state index in [1.165, 1.54) is 0 Å². The predicted octanol–water partition coefficient (Wildman–Crippen LogP) is 2.44. The van der Waals surface area contributed by atoms with E-state index in [1.807, 2.05) is 6.92 Å². The third-order valence-electron chi connectivity index (χ3n) is 2.85. The Morgan fingerprint density at radius 2 is 2.26 bits per heavy atom. The number of carbonyl (C=O) groups excluding carboxylic acids is 1. The second kappa shape index (κ2) is 8.12. The van der Waals surface area contributed by atoms with Crippen LogP contribution in [0.4, 0.5) is 0 Å². The Balaban J connectivity index is 2.65. The number of amides is 1. The van der Waals surface area contributed by atoms with Gasteiger partial charge in [-0.1, -0.05) is 31.9 Å². The fourth-order valence-electron chi connectivity index (χ4n) is 1.76. The van der Waals surface area contributed by atoms with Crippen molar-refractivity contribution in [3.8, 4) is 0 Å². The molecule has 0 aliphatic rings. The van der Waals surface area contributed by atoms with Gasteiger partial charge >= 0.3 is 0 Å². The summed E-state index contributed by atoms with van der Waals surface area (Å²) in [5, 5.41) is 12.0. The van der Waals surface area contributed by atoms with Crippen LogP contribution in [-0.4, -0.2) is 29.1 Å². The molecule has 0 radical (unpaired) electrons. The number of nitrogens with zero attached hydrogens (tertiary/aromatic N) is 1. The number of hydrogen-bond acceptors (Lipinski definition) is 3. The molecule has 106 valence electrons. The highest BCUT2D eigenvalue weighted by atomic mass is 35.5. The summed E-state index contributed by atoms with van der Waals surface area (Å²) in [6, 6.07) is 3.36. The van der Waals surface area contributed by atoms with Crippen LogP contribution < -0.4 is 5.32 Å². The molecule has 1 atom stereocenters. The zero-order valence-electron chi connectivity index (χ0n) is 11.4. The Kier molecular flexibility index (Phi) is 6.81. The first-order valence-corrected chi connectivity index (χ1v) is 7.00. The van der Waals surface area contributed by atoms with Crippen LogP contribution in [0.3, 0.4) is 0 Å². The maximum Gasteiger partial charge on any atom is 0.251 e. The van der Waals surface area contributed by atoms with Gasteiger partial charge in [-0.25, -0.2) is 4.98 Å². The molecule has 5 heteroatoms. The average molecular weight is 285 g/mol. The lowest BCUT2D eigenvalue weighted by atomic mass is 10.1. The quantitative estimate of drug-likeness (QED) is 0.756. The zero-order valence-corrected chi connectivity index (χ0v) is 12.2. The molecule has 1 rings (SSSR count). The largest absolute Gasteiger partial charge is 0.396 e. The third kappa shape index (κ3) is 5.57. The van der Waals surface area contributed by atoms with E-state index in [-0.39, 0.29) is 18.4 Å². The van der Waals surface area contributed by atoms with Gasteiger partial charge in [0.15, 0.2) is 0 Å². The average Bonchev–Trinajstić information content (AvgIpc) is 2.36. The number of carbonyl (C=O) groups is 1. The molecule has 1 aromatic rings. The van der Waals surface area contributed by atoms with Crippen LogP contribution in [0, 0.1) is 5.92 Å². The lowest BCUT2D eigenvalue weighted by molar-refractivity contribution is 0.0945. The van der Waals surface area contributed by atoms with Crippen molar-refractivity contribution in [1.29, 1.82) is 0 Å². The minimum absolute atomic E-state index is 0.138. The van der Waals surface area contributed by atoms with Gasteiger partial charge in [0.25, 0.3) is 5.91 Å². The zero-order chi connectivity index (χ0) is 14.3. The minimum atomic E-state index is -0.147. The van der Waals surface area contributed by atoms with Gasteiger partial charge in [0.1, 0.15) is 5.15 Å². The van der Waals surface area contributed by atoms with Crippen LogP contribution in [0.25, 0.3) is 0 Å². The minimum Gasteiger partial charge on any atom is -0.396 e. The highest BCUT2D eigenvalue weighted by Gasteiger charge is 2.10. The normalized spacial score (nSPS) is 12.2. The Hall–Kier alpha value is -1.13. The van der Waals surface area contributed by atoms with E-state index < -0.39 is 0 Å². The topological polar surface area (TPSA) is 62.2 Å². The van der Waals surface area contributed by atoms with Crippen molar-refractivity contribution >= 4 is 17.5 Å². The van der Waals surface area contributed by atoms with Crippen LogP contribution >= 0.6 is 11.6 Å². The molecule has 0 aliphatic carbocycles. The molecule has 4 nitrogen and oxygen atoms in total. The number of hydrogen-bond donors (Lipinski definition) is 2. The maximum absolute atomic E-state index is 12.0.